The minimum atomic E-state index is -0.493. The quantitative estimate of drug-likeness (QED) is 0.439. The molecule has 0 saturated heterocycles. The highest BCUT2D eigenvalue weighted by molar-refractivity contribution is 6.18. The molecule has 0 radical (unpaired) electrons. The monoisotopic (exact) mass is 285 g/mol. The molecular formula is C13H16ClNO4. The van der Waals surface area contributed by atoms with Crippen LogP contribution in [0.3, 0.4) is 0 Å². The standard InChI is InChI=1S/C13H16ClNO4/c1-9(16)11(5-6-14)7-10-3-4-13(19-2)12(8-10)15(17)18/h3-4,8,11H,5-7H2,1-2H3. The third-order valence-electron chi connectivity index (χ3n) is 2.95. The van der Waals surface area contributed by atoms with Gasteiger partial charge in [0.1, 0.15) is 5.78 Å². The molecule has 0 heterocycles. The second-order valence-corrected chi connectivity index (χ2v) is 4.63. The van der Waals surface area contributed by atoms with Crippen molar-refractivity contribution in [2.24, 2.45) is 5.92 Å². The molecule has 0 fully saturated rings. The molecule has 1 atom stereocenters. The smallest absolute Gasteiger partial charge is 0.311 e. The summed E-state index contributed by atoms with van der Waals surface area (Å²) in [5.74, 6) is 0.442. The fourth-order valence-corrected chi connectivity index (χ4v) is 2.13. The van der Waals surface area contributed by atoms with Crippen LogP contribution in [0.25, 0.3) is 0 Å². The summed E-state index contributed by atoms with van der Waals surface area (Å²) < 4.78 is 4.93. The Hall–Kier alpha value is -1.62. The lowest BCUT2D eigenvalue weighted by atomic mass is 9.93. The molecule has 1 unspecified atom stereocenters. The average molecular weight is 286 g/mol. The number of ether oxygens (including phenoxy) is 1. The predicted octanol–water partition coefficient (Wildman–Crippen LogP) is 2.98. The number of halogens is 1. The van der Waals surface area contributed by atoms with E-state index in [4.69, 9.17) is 16.3 Å². The summed E-state index contributed by atoms with van der Waals surface area (Å²) in [4.78, 5) is 21.9. The van der Waals surface area contributed by atoms with E-state index in [1.54, 1.807) is 12.1 Å². The number of benzene rings is 1. The molecule has 0 saturated carbocycles. The lowest BCUT2D eigenvalue weighted by Gasteiger charge is -2.12. The summed E-state index contributed by atoms with van der Waals surface area (Å²) in [5.41, 5.74) is 0.644. The summed E-state index contributed by atoms with van der Waals surface area (Å²) in [6, 6.07) is 4.73. The van der Waals surface area contributed by atoms with Gasteiger partial charge in [0.05, 0.1) is 12.0 Å². The van der Waals surface area contributed by atoms with Crippen molar-refractivity contribution in [1.29, 1.82) is 0 Å². The third-order valence-corrected chi connectivity index (χ3v) is 3.17. The van der Waals surface area contributed by atoms with Crippen molar-refractivity contribution in [2.45, 2.75) is 19.8 Å². The molecule has 0 aliphatic rings. The van der Waals surface area contributed by atoms with Gasteiger partial charge >= 0.3 is 5.69 Å². The predicted molar refractivity (Wildman–Crippen MR) is 72.9 cm³/mol. The SMILES string of the molecule is COc1ccc(CC(CCCl)C(C)=O)cc1[N+](=O)[O-]. The van der Waals surface area contributed by atoms with Gasteiger partial charge in [-0.15, -0.1) is 11.6 Å². The average Bonchev–Trinajstić information content (AvgIpc) is 2.37. The Balaban J connectivity index is 2.98. The van der Waals surface area contributed by atoms with E-state index in [9.17, 15) is 14.9 Å². The first-order chi connectivity index (χ1) is 8.99. The van der Waals surface area contributed by atoms with E-state index in [0.29, 0.717) is 18.7 Å². The number of Topliss-reactive ketones (excluding diaryl/α,β-unsaturated/α-hetero) is 1. The Morgan fingerprint density at radius 1 is 1.53 bits per heavy atom. The lowest BCUT2D eigenvalue weighted by molar-refractivity contribution is -0.385. The summed E-state index contributed by atoms with van der Waals surface area (Å²) in [7, 11) is 1.38. The zero-order valence-electron chi connectivity index (χ0n) is 10.9. The summed E-state index contributed by atoms with van der Waals surface area (Å²) in [5, 5.41) is 10.9. The third kappa shape index (κ3) is 4.21. The van der Waals surface area contributed by atoms with Gasteiger partial charge in [0.25, 0.3) is 0 Å². The van der Waals surface area contributed by atoms with Gasteiger partial charge in [-0.25, -0.2) is 0 Å². The molecule has 1 aromatic rings. The van der Waals surface area contributed by atoms with Crippen LogP contribution in [0.15, 0.2) is 18.2 Å². The molecule has 19 heavy (non-hydrogen) atoms. The topological polar surface area (TPSA) is 69.4 Å². The number of carbonyl (C=O) groups excluding carboxylic acids is 1. The molecule has 0 aliphatic heterocycles. The van der Waals surface area contributed by atoms with Gasteiger partial charge in [-0.05, 0) is 31.4 Å². The summed E-state index contributed by atoms with van der Waals surface area (Å²) in [6.45, 7) is 1.51. The molecule has 0 amide bonds. The minimum Gasteiger partial charge on any atom is -0.490 e. The number of hydrogen-bond acceptors (Lipinski definition) is 4. The zero-order valence-corrected chi connectivity index (χ0v) is 11.6. The first kappa shape index (κ1) is 15.4. The van der Waals surface area contributed by atoms with Crippen LogP contribution in [-0.4, -0.2) is 23.7 Å². The van der Waals surface area contributed by atoms with E-state index in [-0.39, 0.29) is 23.1 Å². The number of rotatable bonds is 7. The molecule has 1 rings (SSSR count). The van der Waals surface area contributed by atoms with E-state index in [2.05, 4.69) is 0 Å². The van der Waals surface area contributed by atoms with Gasteiger partial charge in [0.15, 0.2) is 5.75 Å². The second kappa shape index (κ2) is 7.09. The van der Waals surface area contributed by atoms with Crippen LogP contribution in [0.4, 0.5) is 5.69 Å². The van der Waals surface area contributed by atoms with E-state index in [1.807, 2.05) is 0 Å². The number of alkyl halides is 1. The highest BCUT2D eigenvalue weighted by Crippen LogP contribution is 2.29. The highest BCUT2D eigenvalue weighted by Gasteiger charge is 2.19. The molecule has 1 aromatic carbocycles. The lowest BCUT2D eigenvalue weighted by Crippen LogP contribution is -2.14. The van der Waals surface area contributed by atoms with Crippen molar-refractivity contribution in [1.82, 2.24) is 0 Å². The first-order valence-electron chi connectivity index (χ1n) is 5.87. The van der Waals surface area contributed by atoms with Crippen molar-refractivity contribution < 1.29 is 14.5 Å². The molecule has 0 spiro atoms. The van der Waals surface area contributed by atoms with Crippen LogP contribution >= 0.6 is 11.6 Å². The molecule has 6 heteroatoms. The largest absolute Gasteiger partial charge is 0.490 e. The molecular weight excluding hydrogens is 270 g/mol. The Morgan fingerprint density at radius 3 is 2.68 bits per heavy atom. The summed E-state index contributed by atoms with van der Waals surface area (Å²) in [6.07, 6.45) is 1.02. The number of hydrogen-bond donors (Lipinski definition) is 0. The van der Waals surface area contributed by atoms with Crippen LogP contribution < -0.4 is 4.74 Å². The van der Waals surface area contributed by atoms with Crippen molar-refractivity contribution >= 4 is 23.1 Å². The van der Waals surface area contributed by atoms with Gasteiger partial charge in [-0.1, -0.05) is 6.07 Å². The maximum Gasteiger partial charge on any atom is 0.311 e. The van der Waals surface area contributed by atoms with E-state index < -0.39 is 4.92 Å². The molecule has 104 valence electrons. The maximum atomic E-state index is 11.5. The van der Waals surface area contributed by atoms with Gasteiger partial charge in [0, 0.05) is 17.9 Å². The zero-order chi connectivity index (χ0) is 14.4. The number of nitro benzene ring substituents is 1. The van der Waals surface area contributed by atoms with Crippen molar-refractivity contribution in [3.05, 3.63) is 33.9 Å². The van der Waals surface area contributed by atoms with E-state index in [0.717, 1.165) is 5.56 Å². The molecule has 0 aromatic heterocycles. The normalized spacial score (nSPS) is 11.9. The van der Waals surface area contributed by atoms with Gasteiger partial charge in [-0.3, -0.25) is 14.9 Å². The van der Waals surface area contributed by atoms with E-state index in [1.165, 1.54) is 20.1 Å². The van der Waals surface area contributed by atoms with Crippen LogP contribution in [0.5, 0.6) is 5.75 Å². The Bertz CT molecular complexity index is 476. The number of nitro groups is 1. The molecule has 0 bridgehead atoms. The first-order valence-corrected chi connectivity index (χ1v) is 6.40. The van der Waals surface area contributed by atoms with Crippen LogP contribution in [0.1, 0.15) is 18.9 Å². The Labute approximate surface area is 116 Å². The maximum absolute atomic E-state index is 11.5. The molecule has 0 aliphatic carbocycles. The van der Waals surface area contributed by atoms with Crippen molar-refractivity contribution in [3.63, 3.8) is 0 Å². The summed E-state index contributed by atoms with van der Waals surface area (Å²) >= 11 is 5.66. The number of ketones is 1. The molecule has 5 nitrogen and oxygen atoms in total. The van der Waals surface area contributed by atoms with Crippen molar-refractivity contribution in [3.8, 4) is 5.75 Å². The number of nitrogens with zero attached hydrogens (tertiary/aromatic N) is 1. The van der Waals surface area contributed by atoms with Gasteiger partial charge in [-0.2, -0.15) is 0 Å². The van der Waals surface area contributed by atoms with Gasteiger partial charge < -0.3 is 4.74 Å². The van der Waals surface area contributed by atoms with E-state index >= 15 is 0 Å². The van der Waals surface area contributed by atoms with Crippen LogP contribution in [-0.2, 0) is 11.2 Å². The number of methoxy groups -OCH3 is 1. The minimum absolute atomic E-state index is 0.0409. The van der Waals surface area contributed by atoms with Crippen LogP contribution in [0.2, 0.25) is 0 Å². The Kier molecular flexibility index (Phi) is 5.76. The molecule has 0 N–H and O–H groups in total. The highest BCUT2D eigenvalue weighted by atomic mass is 35.5. The van der Waals surface area contributed by atoms with Crippen LogP contribution in [0, 0.1) is 16.0 Å². The fourth-order valence-electron chi connectivity index (χ4n) is 1.87. The van der Waals surface area contributed by atoms with Crippen molar-refractivity contribution in [2.75, 3.05) is 13.0 Å². The fraction of sp³-hybridized carbons (Fsp3) is 0.462. The number of carbonyl (C=O) groups is 1. The Morgan fingerprint density at radius 2 is 2.21 bits per heavy atom. The second-order valence-electron chi connectivity index (χ2n) is 4.25. The van der Waals surface area contributed by atoms with Gasteiger partial charge in [0.2, 0.25) is 0 Å².